The highest BCUT2D eigenvalue weighted by atomic mass is 35.5. The van der Waals surface area contributed by atoms with Gasteiger partial charge in [0.2, 0.25) is 15.9 Å². The smallest absolute Gasteiger partial charge is 0.243 e. The highest BCUT2D eigenvalue weighted by Crippen LogP contribution is 2.25. The first-order valence-corrected chi connectivity index (χ1v) is 11.9. The fourth-order valence-electron chi connectivity index (χ4n) is 3.66. The third-order valence-corrected chi connectivity index (χ3v) is 7.39. The third kappa shape index (κ3) is 4.77. The van der Waals surface area contributed by atoms with Crippen LogP contribution < -0.4 is 5.73 Å². The molecule has 0 bridgehead atoms. The molecule has 0 spiro atoms. The Morgan fingerprint density at radius 1 is 1.03 bits per heavy atom. The number of rotatable bonds is 5. The number of carbonyl (C=O) groups is 1. The topological polar surface area (TPSA) is 96.1 Å². The number of fused-ring (bicyclic) bond motifs is 1. The molecule has 7 nitrogen and oxygen atoms in total. The molecule has 3 aromatic rings. The van der Waals surface area contributed by atoms with Crippen LogP contribution >= 0.6 is 11.6 Å². The molecular formula is C23H23ClN4O3S. The van der Waals surface area contributed by atoms with Gasteiger partial charge in [-0.1, -0.05) is 35.9 Å². The van der Waals surface area contributed by atoms with Crippen LogP contribution in [0, 0.1) is 0 Å². The van der Waals surface area contributed by atoms with Gasteiger partial charge in [0.1, 0.15) is 0 Å². The number of sulfonamides is 1. The van der Waals surface area contributed by atoms with Crippen molar-refractivity contribution in [1.82, 2.24) is 9.21 Å². The number of hydrogen-bond donors (Lipinski definition) is 1. The Hall–Kier alpha value is -2.94. The zero-order valence-electron chi connectivity index (χ0n) is 17.5. The van der Waals surface area contributed by atoms with E-state index in [9.17, 15) is 13.2 Å². The maximum Gasteiger partial charge on any atom is 0.243 e. The number of aliphatic imine (C=N–C) groups is 1. The molecule has 0 unspecified atom stereocenters. The standard InChI is InChI=1S/C23H23ClN4O3S/c1-16(25)26-21-7-2-17(3-8-21)14-27-10-11-28(15-23(27)29)32(30,31)22-9-5-18-12-20(24)6-4-19(18)13-22/h2-9,12-13H,10-11,14-15H2,1H3,(H2,25,26). The Bertz CT molecular complexity index is 1300. The van der Waals surface area contributed by atoms with Crippen molar-refractivity contribution in [2.75, 3.05) is 19.6 Å². The lowest BCUT2D eigenvalue weighted by Gasteiger charge is -2.33. The molecule has 0 aliphatic carbocycles. The van der Waals surface area contributed by atoms with Gasteiger partial charge in [-0.2, -0.15) is 4.31 Å². The van der Waals surface area contributed by atoms with Crippen molar-refractivity contribution in [3.63, 3.8) is 0 Å². The average Bonchev–Trinajstić information content (AvgIpc) is 2.75. The molecule has 0 saturated carbocycles. The van der Waals surface area contributed by atoms with Crippen molar-refractivity contribution < 1.29 is 13.2 Å². The van der Waals surface area contributed by atoms with E-state index in [1.54, 1.807) is 48.2 Å². The van der Waals surface area contributed by atoms with Gasteiger partial charge in [0, 0.05) is 24.7 Å². The zero-order valence-corrected chi connectivity index (χ0v) is 19.1. The summed E-state index contributed by atoms with van der Waals surface area (Å²) in [4.78, 5) is 18.7. The Balaban J connectivity index is 1.46. The van der Waals surface area contributed by atoms with Crippen molar-refractivity contribution in [1.29, 1.82) is 0 Å². The van der Waals surface area contributed by atoms with Crippen LogP contribution in [0.5, 0.6) is 0 Å². The molecule has 4 rings (SSSR count). The van der Waals surface area contributed by atoms with Crippen molar-refractivity contribution in [2.24, 2.45) is 10.7 Å². The first-order chi connectivity index (χ1) is 15.2. The molecule has 1 amide bonds. The number of benzene rings is 3. The molecule has 32 heavy (non-hydrogen) atoms. The van der Waals surface area contributed by atoms with Crippen LogP contribution in [0.4, 0.5) is 5.69 Å². The summed E-state index contributed by atoms with van der Waals surface area (Å²) in [6.07, 6.45) is 0. The first kappa shape index (κ1) is 22.3. The number of hydrogen-bond acceptors (Lipinski definition) is 4. The maximum absolute atomic E-state index is 13.1. The maximum atomic E-state index is 13.1. The lowest BCUT2D eigenvalue weighted by molar-refractivity contribution is -0.134. The van der Waals surface area contributed by atoms with Gasteiger partial charge in [0.15, 0.2) is 0 Å². The summed E-state index contributed by atoms with van der Waals surface area (Å²) in [7, 11) is -3.78. The summed E-state index contributed by atoms with van der Waals surface area (Å²) in [6, 6.07) is 17.6. The molecule has 0 aromatic heterocycles. The van der Waals surface area contributed by atoms with E-state index in [0.717, 1.165) is 22.0 Å². The molecule has 1 saturated heterocycles. The summed E-state index contributed by atoms with van der Waals surface area (Å²) in [5.74, 6) is 0.243. The minimum Gasteiger partial charge on any atom is -0.387 e. The van der Waals surface area contributed by atoms with Crippen molar-refractivity contribution in [3.05, 3.63) is 71.2 Å². The predicted molar refractivity (Wildman–Crippen MR) is 127 cm³/mol. The Kier molecular flexibility index (Phi) is 6.19. The molecule has 0 radical (unpaired) electrons. The van der Waals surface area contributed by atoms with Crippen LogP contribution in [-0.4, -0.2) is 49.0 Å². The second-order valence-electron chi connectivity index (χ2n) is 7.73. The summed E-state index contributed by atoms with van der Waals surface area (Å²) >= 11 is 6.01. The van der Waals surface area contributed by atoms with E-state index in [1.165, 1.54) is 4.31 Å². The number of carbonyl (C=O) groups excluding carboxylic acids is 1. The average molecular weight is 471 g/mol. The highest BCUT2D eigenvalue weighted by molar-refractivity contribution is 7.89. The molecule has 2 N–H and O–H groups in total. The Morgan fingerprint density at radius 3 is 2.41 bits per heavy atom. The van der Waals surface area contributed by atoms with Gasteiger partial charge >= 0.3 is 0 Å². The van der Waals surface area contributed by atoms with Gasteiger partial charge in [-0.05, 0) is 59.7 Å². The van der Waals surface area contributed by atoms with Crippen molar-refractivity contribution in [3.8, 4) is 0 Å². The van der Waals surface area contributed by atoms with E-state index in [-0.39, 0.29) is 23.9 Å². The Morgan fingerprint density at radius 2 is 1.72 bits per heavy atom. The van der Waals surface area contributed by atoms with Crippen LogP contribution in [-0.2, 0) is 21.4 Å². The van der Waals surface area contributed by atoms with Crippen LogP contribution in [0.25, 0.3) is 10.8 Å². The predicted octanol–water partition coefficient (Wildman–Crippen LogP) is 3.53. The number of halogens is 1. The quantitative estimate of drug-likeness (QED) is 0.455. The van der Waals surface area contributed by atoms with E-state index in [0.29, 0.717) is 23.9 Å². The van der Waals surface area contributed by atoms with Crippen molar-refractivity contribution >= 4 is 49.8 Å². The van der Waals surface area contributed by atoms with Crippen LogP contribution in [0.3, 0.4) is 0 Å². The molecule has 3 aromatic carbocycles. The van der Waals surface area contributed by atoms with Gasteiger partial charge in [0.25, 0.3) is 0 Å². The lowest BCUT2D eigenvalue weighted by atomic mass is 10.1. The molecule has 1 fully saturated rings. The minimum atomic E-state index is -3.78. The summed E-state index contributed by atoms with van der Waals surface area (Å²) < 4.78 is 27.5. The van der Waals surface area contributed by atoms with E-state index in [2.05, 4.69) is 4.99 Å². The van der Waals surface area contributed by atoms with Gasteiger partial charge in [-0.3, -0.25) is 4.79 Å². The van der Waals surface area contributed by atoms with E-state index in [4.69, 9.17) is 17.3 Å². The van der Waals surface area contributed by atoms with Crippen molar-refractivity contribution in [2.45, 2.75) is 18.4 Å². The molecule has 9 heteroatoms. The van der Waals surface area contributed by atoms with E-state index < -0.39 is 10.0 Å². The molecule has 1 heterocycles. The van der Waals surface area contributed by atoms with Gasteiger partial charge in [0.05, 0.1) is 23.0 Å². The Labute approximate surface area is 192 Å². The molecule has 0 atom stereocenters. The molecular weight excluding hydrogens is 448 g/mol. The van der Waals surface area contributed by atoms with Gasteiger partial charge in [-0.15, -0.1) is 0 Å². The monoisotopic (exact) mass is 470 g/mol. The van der Waals surface area contributed by atoms with Gasteiger partial charge in [-0.25, -0.2) is 13.4 Å². The number of nitrogens with two attached hydrogens (primary N) is 1. The van der Waals surface area contributed by atoms with Crippen LogP contribution in [0.1, 0.15) is 12.5 Å². The number of nitrogens with zero attached hydrogens (tertiary/aromatic N) is 3. The van der Waals surface area contributed by atoms with Crippen LogP contribution in [0.15, 0.2) is 70.6 Å². The fraction of sp³-hybridized carbons (Fsp3) is 0.217. The minimum absolute atomic E-state index is 0.167. The molecule has 166 valence electrons. The second kappa shape index (κ2) is 8.90. The second-order valence-corrected chi connectivity index (χ2v) is 10.1. The largest absolute Gasteiger partial charge is 0.387 e. The third-order valence-electron chi connectivity index (χ3n) is 5.31. The number of piperazine rings is 1. The summed E-state index contributed by atoms with van der Waals surface area (Å²) in [5, 5.41) is 2.22. The SMILES string of the molecule is CC(N)=Nc1ccc(CN2CCN(S(=O)(=O)c3ccc4cc(Cl)ccc4c3)CC2=O)cc1. The number of amidine groups is 1. The number of amides is 1. The van der Waals surface area contributed by atoms with Gasteiger partial charge < -0.3 is 10.6 Å². The van der Waals surface area contributed by atoms with E-state index >= 15 is 0 Å². The summed E-state index contributed by atoms with van der Waals surface area (Å²) in [5.41, 5.74) is 7.28. The molecule has 1 aliphatic heterocycles. The highest BCUT2D eigenvalue weighted by Gasteiger charge is 2.32. The normalized spacial score (nSPS) is 16.0. The van der Waals surface area contributed by atoms with E-state index in [1.807, 2.05) is 24.3 Å². The fourth-order valence-corrected chi connectivity index (χ4v) is 5.26. The van der Waals surface area contributed by atoms with Crippen LogP contribution in [0.2, 0.25) is 5.02 Å². The first-order valence-electron chi connectivity index (χ1n) is 10.1. The lowest BCUT2D eigenvalue weighted by Crippen LogP contribution is -2.51. The zero-order chi connectivity index (χ0) is 22.9. The summed E-state index contributed by atoms with van der Waals surface area (Å²) in [6.45, 7) is 2.50. The molecule has 1 aliphatic rings.